The van der Waals surface area contributed by atoms with Crippen molar-refractivity contribution in [3.63, 3.8) is 0 Å². The topological polar surface area (TPSA) is 75.0 Å². The predicted molar refractivity (Wildman–Crippen MR) is 105 cm³/mol. The minimum Gasteiger partial charge on any atom is -0.482 e. The molecule has 4 rings (SSSR count). The molecule has 0 bridgehead atoms. The molecule has 1 aromatic heterocycles. The Labute approximate surface area is 167 Å². The Morgan fingerprint density at radius 2 is 1.90 bits per heavy atom. The quantitative estimate of drug-likeness (QED) is 0.461. The van der Waals surface area contributed by atoms with E-state index >= 15 is 0 Å². The number of ether oxygens (including phenoxy) is 3. The molecule has 0 saturated heterocycles. The van der Waals surface area contributed by atoms with Gasteiger partial charge < -0.3 is 18.6 Å². The Morgan fingerprint density at radius 1 is 1.07 bits per heavy atom. The van der Waals surface area contributed by atoms with Crippen molar-refractivity contribution in [1.29, 1.82) is 0 Å². The Hall–Kier alpha value is -3.80. The van der Waals surface area contributed by atoms with Crippen LogP contribution in [0.2, 0.25) is 0 Å². The Bertz CT molecular complexity index is 1080. The molecule has 3 aromatic rings. The van der Waals surface area contributed by atoms with Crippen LogP contribution in [0.25, 0.3) is 6.08 Å². The SMILES string of the molecule is Cc1ccc(C=C2Oc3cc(OCC(=O)OCc4ccccc4)ccc3C2=O)o1. The first-order valence-corrected chi connectivity index (χ1v) is 9.05. The largest absolute Gasteiger partial charge is 0.482 e. The van der Waals surface area contributed by atoms with Crippen LogP contribution in [-0.2, 0) is 16.1 Å². The van der Waals surface area contributed by atoms with Crippen LogP contribution in [0.4, 0.5) is 0 Å². The zero-order chi connectivity index (χ0) is 20.2. The van der Waals surface area contributed by atoms with Crippen molar-refractivity contribution in [2.75, 3.05) is 6.61 Å². The average Bonchev–Trinajstić information content (AvgIpc) is 3.28. The van der Waals surface area contributed by atoms with Crippen LogP contribution in [0.5, 0.6) is 11.5 Å². The lowest BCUT2D eigenvalue weighted by Gasteiger charge is -2.08. The van der Waals surface area contributed by atoms with Crippen LogP contribution < -0.4 is 9.47 Å². The number of allylic oxidation sites excluding steroid dienone is 1. The van der Waals surface area contributed by atoms with Gasteiger partial charge in [0.05, 0.1) is 5.56 Å². The lowest BCUT2D eigenvalue weighted by Crippen LogP contribution is -2.14. The van der Waals surface area contributed by atoms with E-state index in [9.17, 15) is 9.59 Å². The molecule has 6 nitrogen and oxygen atoms in total. The van der Waals surface area contributed by atoms with Crippen molar-refractivity contribution < 1.29 is 28.2 Å². The number of fused-ring (bicyclic) bond motifs is 1. The molecule has 0 saturated carbocycles. The van der Waals surface area contributed by atoms with Gasteiger partial charge >= 0.3 is 5.97 Å². The molecule has 0 N–H and O–H groups in total. The molecule has 2 aromatic carbocycles. The fraction of sp³-hybridized carbons (Fsp3) is 0.130. The van der Waals surface area contributed by atoms with Gasteiger partial charge in [0.2, 0.25) is 5.78 Å². The summed E-state index contributed by atoms with van der Waals surface area (Å²) in [6, 6.07) is 17.8. The molecule has 2 heterocycles. The van der Waals surface area contributed by atoms with E-state index in [0.717, 1.165) is 11.3 Å². The third kappa shape index (κ3) is 4.38. The summed E-state index contributed by atoms with van der Waals surface area (Å²) in [5, 5.41) is 0. The Kier molecular flexibility index (Phi) is 5.16. The van der Waals surface area contributed by atoms with Gasteiger partial charge in [-0.3, -0.25) is 4.79 Å². The van der Waals surface area contributed by atoms with Gasteiger partial charge in [-0.15, -0.1) is 0 Å². The van der Waals surface area contributed by atoms with Crippen LogP contribution in [0.15, 0.2) is 70.8 Å². The molecular weight excluding hydrogens is 372 g/mol. The van der Waals surface area contributed by atoms with Crippen molar-refractivity contribution in [2.24, 2.45) is 0 Å². The third-order valence-electron chi connectivity index (χ3n) is 4.28. The molecule has 0 aliphatic carbocycles. The molecule has 29 heavy (non-hydrogen) atoms. The number of hydrogen-bond donors (Lipinski definition) is 0. The molecular formula is C23H18O6. The highest BCUT2D eigenvalue weighted by Crippen LogP contribution is 2.35. The van der Waals surface area contributed by atoms with Gasteiger partial charge in [-0.2, -0.15) is 0 Å². The standard InChI is InChI=1S/C23H18O6/c1-15-7-8-18(28-15)12-21-23(25)19-10-9-17(11-20(19)29-21)26-14-22(24)27-13-16-5-3-2-4-6-16/h2-12H,13-14H2,1H3. The lowest BCUT2D eigenvalue weighted by atomic mass is 10.1. The molecule has 1 aliphatic rings. The first-order valence-electron chi connectivity index (χ1n) is 9.05. The highest BCUT2D eigenvalue weighted by molar-refractivity contribution is 6.14. The monoisotopic (exact) mass is 390 g/mol. The van der Waals surface area contributed by atoms with Gasteiger partial charge in [-0.25, -0.2) is 4.79 Å². The maximum Gasteiger partial charge on any atom is 0.344 e. The van der Waals surface area contributed by atoms with Crippen molar-refractivity contribution in [2.45, 2.75) is 13.5 Å². The van der Waals surface area contributed by atoms with Crippen LogP contribution in [0, 0.1) is 6.92 Å². The number of ketones is 1. The van der Waals surface area contributed by atoms with E-state index in [1.54, 1.807) is 30.3 Å². The van der Waals surface area contributed by atoms with Crippen LogP contribution in [-0.4, -0.2) is 18.4 Å². The second-order valence-corrected chi connectivity index (χ2v) is 6.48. The number of aryl methyl sites for hydroxylation is 1. The molecule has 0 fully saturated rings. The molecule has 0 spiro atoms. The van der Waals surface area contributed by atoms with E-state index in [2.05, 4.69) is 0 Å². The molecule has 1 aliphatic heterocycles. The summed E-state index contributed by atoms with van der Waals surface area (Å²) in [6.07, 6.45) is 1.55. The summed E-state index contributed by atoms with van der Waals surface area (Å²) >= 11 is 0. The van der Waals surface area contributed by atoms with Gasteiger partial charge in [-0.1, -0.05) is 30.3 Å². The highest BCUT2D eigenvalue weighted by Gasteiger charge is 2.28. The third-order valence-corrected chi connectivity index (χ3v) is 4.28. The molecule has 0 radical (unpaired) electrons. The normalized spacial score (nSPS) is 13.8. The van der Waals surface area contributed by atoms with Gasteiger partial charge in [0.1, 0.15) is 29.6 Å². The fourth-order valence-corrected chi connectivity index (χ4v) is 2.84. The molecule has 6 heteroatoms. The van der Waals surface area contributed by atoms with E-state index in [-0.39, 0.29) is 24.8 Å². The number of carbonyl (C=O) groups excluding carboxylic acids is 2. The number of furan rings is 1. The first-order chi connectivity index (χ1) is 14.1. The number of esters is 1. The van der Waals surface area contributed by atoms with Crippen molar-refractivity contribution in [3.8, 4) is 11.5 Å². The number of Topliss-reactive ketones (excluding diaryl/α,β-unsaturated/α-hetero) is 1. The summed E-state index contributed by atoms with van der Waals surface area (Å²) in [5.41, 5.74) is 1.33. The summed E-state index contributed by atoms with van der Waals surface area (Å²) in [5.74, 6) is 1.52. The minimum absolute atomic E-state index is 0.175. The van der Waals surface area contributed by atoms with Crippen LogP contribution in [0.1, 0.15) is 27.4 Å². The molecule has 0 unspecified atom stereocenters. The summed E-state index contributed by atoms with van der Waals surface area (Å²) in [7, 11) is 0. The second kappa shape index (κ2) is 8.06. The zero-order valence-electron chi connectivity index (χ0n) is 15.7. The Morgan fingerprint density at radius 3 is 2.66 bits per heavy atom. The molecule has 0 amide bonds. The van der Waals surface area contributed by atoms with Gasteiger partial charge in [0.25, 0.3) is 0 Å². The average molecular weight is 390 g/mol. The predicted octanol–water partition coefficient (Wildman–Crippen LogP) is 4.33. The number of carbonyl (C=O) groups is 2. The van der Waals surface area contributed by atoms with E-state index < -0.39 is 5.97 Å². The number of hydrogen-bond acceptors (Lipinski definition) is 6. The highest BCUT2D eigenvalue weighted by atomic mass is 16.6. The second-order valence-electron chi connectivity index (χ2n) is 6.48. The van der Waals surface area contributed by atoms with E-state index in [1.807, 2.05) is 43.3 Å². The summed E-state index contributed by atoms with van der Waals surface area (Å²) in [4.78, 5) is 24.3. The Balaban J connectivity index is 1.36. The molecule has 0 atom stereocenters. The lowest BCUT2D eigenvalue weighted by molar-refractivity contribution is -0.147. The van der Waals surface area contributed by atoms with Crippen LogP contribution in [0.3, 0.4) is 0 Å². The van der Waals surface area contributed by atoms with Crippen LogP contribution >= 0.6 is 0 Å². The summed E-state index contributed by atoms with van der Waals surface area (Å²) in [6.45, 7) is 1.77. The fourth-order valence-electron chi connectivity index (χ4n) is 2.84. The van der Waals surface area contributed by atoms with Gasteiger partial charge in [0, 0.05) is 12.1 Å². The number of benzene rings is 2. The van der Waals surface area contributed by atoms with E-state index in [4.69, 9.17) is 18.6 Å². The van der Waals surface area contributed by atoms with Gasteiger partial charge in [-0.05, 0) is 36.8 Å². The van der Waals surface area contributed by atoms with Crippen molar-refractivity contribution in [3.05, 3.63) is 89.1 Å². The van der Waals surface area contributed by atoms with Crippen molar-refractivity contribution >= 4 is 17.8 Å². The zero-order valence-corrected chi connectivity index (χ0v) is 15.7. The van der Waals surface area contributed by atoms with E-state index in [1.165, 1.54) is 0 Å². The maximum absolute atomic E-state index is 12.5. The first kappa shape index (κ1) is 18.6. The minimum atomic E-state index is -0.486. The summed E-state index contributed by atoms with van der Waals surface area (Å²) < 4.78 is 21.7. The van der Waals surface area contributed by atoms with Gasteiger partial charge in [0.15, 0.2) is 12.4 Å². The van der Waals surface area contributed by atoms with E-state index in [0.29, 0.717) is 22.8 Å². The number of rotatable bonds is 6. The molecule has 146 valence electrons. The van der Waals surface area contributed by atoms with Crippen molar-refractivity contribution in [1.82, 2.24) is 0 Å². The maximum atomic E-state index is 12.5. The smallest absolute Gasteiger partial charge is 0.344 e.